The Morgan fingerprint density at radius 3 is 1.57 bits per heavy atom. The van der Waals surface area contributed by atoms with Gasteiger partial charge in [-0.3, -0.25) is 4.90 Å². The molecule has 2 heteroatoms. The predicted octanol–water partition coefficient (Wildman–Crippen LogP) is 5.39. The second-order valence-electron chi connectivity index (χ2n) is 7.05. The van der Waals surface area contributed by atoms with Gasteiger partial charge in [-0.1, -0.05) is 45.9 Å². The summed E-state index contributed by atoms with van der Waals surface area (Å²) in [6, 6.07) is 7.51. The van der Waals surface area contributed by atoms with Gasteiger partial charge in [0.1, 0.15) is 12.5 Å². The van der Waals surface area contributed by atoms with Crippen molar-refractivity contribution in [2.75, 3.05) is 6.73 Å². The van der Waals surface area contributed by atoms with E-state index in [0.29, 0.717) is 30.7 Å². The highest BCUT2D eigenvalue weighted by Crippen LogP contribution is 2.34. The Bertz CT molecular complexity index is 401. The predicted molar refractivity (Wildman–Crippen MR) is 92.2 cm³/mol. The van der Waals surface area contributed by atoms with Crippen LogP contribution in [0.15, 0.2) is 18.2 Å². The lowest BCUT2D eigenvalue weighted by molar-refractivity contribution is 0.0675. The fraction of sp³-hybridized carbons (Fsp3) is 0.684. The molecule has 0 aliphatic rings. The lowest BCUT2D eigenvalue weighted by atomic mass is 9.94. The Morgan fingerprint density at radius 2 is 1.24 bits per heavy atom. The number of nitrogens with zero attached hydrogens (tertiary/aromatic N) is 1. The molecule has 0 spiro atoms. The summed E-state index contributed by atoms with van der Waals surface area (Å²) in [5.41, 5.74) is 2.63. The number of hydrogen-bond donors (Lipinski definition) is 0. The van der Waals surface area contributed by atoms with Crippen molar-refractivity contribution in [3.8, 4) is 5.75 Å². The first kappa shape index (κ1) is 18.0. The van der Waals surface area contributed by atoms with Gasteiger partial charge in [0, 0.05) is 12.1 Å². The molecule has 0 atom stereocenters. The molecule has 2 nitrogen and oxygen atoms in total. The molecule has 1 aromatic rings. The van der Waals surface area contributed by atoms with E-state index in [-0.39, 0.29) is 0 Å². The highest BCUT2D eigenvalue weighted by molar-refractivity contribution is 5.44. The number of para-hydroxylation sites is 1. The van der Waals surface area contributed by atoms with Crippen LogP contribution in [0.5, 0.6) is 5.75 Å². The summed E-state index contributed by atoms with van der Waals surface area (Å²) in [4.78, 5) is 2.38. The molecule has 0 radical (unpaired) electrons. The Balaban J connectivity index is 3.05. The smallest absolute Gasteiger partial charge is 0.142 e. The van der Waals surface area contributed by atoms with Crippen molar-refractivity contribution >= 4 is 0 Å². The number of ether oxygens (including phenoxy) is 1. The van der Waals surface area contributed by atoms with E-state index in [9.17, 15) is 0 Å². The minimum Gasteiger partial charge on any atom is -0.478 e. The van der Waals surface area contributed by atoms with Crippen LogP contribution in [-0.2, 0) is 0 Å². The summed E-state index contributed by atoms with van der Waals surface area (Å²) in [5.74, 6) is 2.05. The summed E-state index contributed by atoms with van der Waals surface area (Å²) in [6.45, 7) is 18.5. The maximum Gasteiger partial charge on any atom is 0.142 e. The first-order valence-electron chi connectivity index (χ1n) is 8.27. The van der Waals surface area contributed by atoms with Gasteiger partial charge in [-0.25, -0.2) is 0 Å². The van der Waals surface area contributed by atoms with Crippen molar-refractivity contribution in [3.05, 3.63) is 29.3 Å². The van der Waals surface area contributed by atoms with E-state index < -0.39 is 0 Å². The molecule has 0 amide bonds. The van der Waals surface area contributed by atoms with Crippen LogP contribution < -0.4 is 4.74 Å². The zero-order valence-corrected chi connectivity index (χ0v) is 15.1. The quantitative estimate of drug-likeness (QED) is 0.625. The highest BCUT2D eigenvalue weighted by atomic mass is 16.5. The third-order valence-electron chi connectivity index (χ3n) is 4.00. The number of hydrogen-bond acceptors (Lipinski definition) is 2. The van der Waals surface area contributed by atoms with Crippen LogP contribution in [-0.4, -0.2) is 23.7 Å². The molecule has 1 rings (SSSR count). The van der Waals surface area contributed by atoms with Crippen molar-refractivity contribution in [1.29, 1.82) is 0 Å². The Labute approximate surface area is 131 Å². The molecule has 0 saturated carbocycles. The molecule has 0 N–H and O–H groups in total. The molecule has 120 valence electrons. The molecular formula is C19H33NO. The fourth-order valence-electron chi connectivity index (χ4n) is 2.68. The normalized spacial score (nSPS) is 12.2. The van der Waals surface area contributed by atoms with Crippen LogP contribution in [0, 0.1) is 0 Å². The Kier molecular flexibility index (Phi) is 6.73. The number of rotatable bonds is 7. The van der Waals surface area contributed by atoms with Gasteiger partial charge in [0.25, 0.3) is 0 Å². The monoisotopic (exact) mass is 291 g/mol. The van der Waals surface area contributed by atoms with Gasteiger partial charge in [-0.2, -0.15) is 0 Å². The zero-order valence-electron chi connectivity index (χ0n) is 15.1. The molecule has 0 aliphatic heterocycles. The molecule has 0 bridgehead atoms. The number of benzene rings is 1. The molecule has 0 aromatic heterocycles. The molecule has 0 fully saturated rings. The van der Waals surface area contributed by atoms with E-state index in [1.165, 1.54) is 11.1 Å². The minimum absolute atomic E-state index is 0.477. The topological polar surface area (TPSA) is 12.5 Å². The van der Waals surface area contributed by atoms with Gasteiger partial charge in [0.2, 0.25) is 0 Å². The van der Waals surface area contributed by atoms with Crippen LogP contribution in [0.4, 0.5) is 0 Å². The van der Waals surface area contributed by atoms with Gasteiger partial charge < -0.3 is 4.74 Å². The average Bonchev–Trinajstić information content (AvgIpc) is 2.37. The van der Waals surface area contributed by atoms with E-state index in [1.807, 2.05) is 0 Å². The maximum atomic E-state index is 6.30. The Hall–Kier alpha value is -1.02. The van der Waals surface area contributed by atoms with Gasteiger partial charge in [0.05, 0.1) is 0 Å². The molecule has 0 unspecified atom stereocenters. The molecule has 1 aromatic carbocycles. The van der Waals surface area contributed by atoms with Crippen molar-refractivity contribution in [2.24, 2.45) is 0 Å². The van der Waals surface area contributed by atoms with Crippen molar-refractivity contribution in [3.63, 3.8) is 0 Å². The van der Waals surface area contributed by atoms with Crippen LogP contribution in [0.1, 0.15) is 78.4 Å². The van der Waals surface area contributed by atoms with E-state index in [1.54, 1.807) is 0 Å². The van der Waals surface area contributed by atoms with E-state index >= 15 is 0 Å². The average molecular weight is 291 g/mol. The van der Waals surface area contributed by atoms with Crippen molar-refractivity contribution in [2.45, 2.75) is 79.3 Å². The van der Waals surface area contributed by atoms with Gasteiger partial charge in [-0.15, -0.1) is 0 Å². The summed E-state index contributed by atoms with van der Waals surface area (Å²) < 4.78 is 6.30. The van der Waals surface area contributed by atoms with Crippen LogP contribution in [0.3, 0.4) is 0 Å². The first-order chi connectivity index (χ1) is 9.75. The van der Waals surface area contributed by atoms with Gasteiger partial charge in [0.15, 0.2) is 0 Å². The highest BCUT2D eigenvalue weighted by Gasteiger charge is 2.18. The van der Waals surface area contributed by atoms with Gasteiger partial charge >= 0.3 is 0 Å². The summed E-state index contributed by atoms with van der Waals surface area (Å²) in [7, 11) is 0. The van der Waals surface area contributed by atoms with E-state index in [4.69, 9.17) is 4.74 Å². The Morgan fingerprint density at radius 1 is 0.810 bits per heavy atom. The lowest BCUT2D eigenvalue weighted by Gasteiger charge is -2.31. The SMILES string of the molecule is CC(C)c1cccc(C(C)C)c1OCN(C(C)C)C(C)C. The summed E-state index contributed by atoms with van der Waals surface area (Å²) in [6.07, 6.45) is 0. The van der Waals surface area contributed by atoms with Crippen molar-refractivity contribution in [1.82, 2.24) is 4.90 Å². The third-order valence-corrected chi connectivity index (χ3v) is 4.00. The second kappa shape index (κ2) is 7.84. The standard InChI is InChI=1S/C19H33NO/c1-13(2)17-10-9-11-18(14(3)4)19(17)21-12-20(15(5)6)16(7)8/h9-11,13-16H,12H2,1-8H3. The minimum atomic E-state index is 0.477. The molecule has 0 heterocycles. The van der Waals surface area contributed by atoms with E-state index in [0.717, 1.165) is 5.75 Å². The molecule has 21 heavy (non-hydrogen) atoms. The summed E-state index contributed by atoms with van der Waals surface area (Å²) >= 11 is 0. The molecule has 0 aliphatic carbocycles. The fourth-order valence-corrected chi connectivity index (χ4v) is 2.68. The van der Waals surface area contributed by atoms with E-state index in [2.05, 4.69) is 78.5 Å². The second-order valence-corrected chi connectivity index (χ2v) is 7.05. The zero-order chi connectivity index (χ0) is 16.2. The van der Waals surface area contributed by atoms with Crippen LogP contribution in [0.2, 0.25) is 0 Å². The molecular weight excluding hydrogens is 258 g/mol. The maximum absolute atomic E-state index is 6.30. The lowest BCUT2D eigenvalue weighted by Crippen LogP contribution is -2.40. The van der Waals surface area contributed by atoms with Gasteiger partial charge in [-0.05, 0) is 50.7 Å². The third kappa shape index (κ3) is 4.74. The summed E-state index contributed by atoms with van der Waals surface area (Å²) in [5, 5.41) is 0. The molecule has 0 saturated heterocycles. The van der Waals surface area contributed by atoms with Crippen LogP contribution in [0.25, 0.3) is 0 Å². The van der Waals surface area contributed by atoms with Crippen LogP contribution >= 0.6 is 0 Å². The largest absolute Gasteiger partial charge is 0.478 e. The first-order valence-corrected chi connectivity index (χ1v) is 8.27. The van der Waals surface area contributed by atoms with Crippen molar-refractivity contribution < 1.29 is 4.74 Å².